The van der Waals surface area contributed by atoms with Crippen LogP contribution in [0.5, 0.6) is 0 Å². The van der Waals surface area contributed by atoms with Crippen LogP contribution in [0, 0.1) is 5.92 Å². The van der Waals surface area contributed by atoms with Crippen LogP contribution in [0.25, 0.3) is 0 Å². The first-order valence-electron chi connectivity index (χ1n) is 8.28. The minimum absolute atomic E-state index is 0.00100. The Bertz CT molecular complexity index is 840. The molecule has 0 spiro atoms. The van der Waals surface area contributed by atoms with Crippen molar-refractivity contribution in [2.24, 2.45) is 11.7 Å². The Morgan fingerprint density at radius 3 is 2.48 bits per heavy atom. The second-order valence-corrected chi connectivity index (χ2v) is 6.72. The van der Waals surface area contributed by atoms with E-state index >= 15 is 0 Å². The summed E-state index contributed by atoms with van der Waals surface area (Å²) in [7, 11) is 0. The number of carbonyl (C=O) groups is 5. The molecule has 11 nitrogen and oxygen atoms in total. The molecule has 3 unspecified atom stereocenters. The number of nitrogens with one attached hydrogen (secondary N) is 1. The van der Waals surface area contributed by atoms with E-state index in [0.717, 1.165) is 4.90 Å². The molecular formula is C15H15F3N4O7. The Morgan fingerprint density at radius 1 is 1.28 bits per heavy atom. The molecule has 2 fully saturated rings. The maximum absolute atomic E-state index is 12.8. The fraction of sp³-hybridized carbons (Fsp3) is 0.533. The molecule has 0 saturated carbocycles. The topological polar surface area (TPSA) is 159 Å². The van der Waals surface area contributed by atoms with E-state index in [2.05, 4.69) is 0 Å². The van der Waals surface area contributed by atoms with Gasteiger partial charge in [-0.25, -0.2) is 9.59 Å². The lowest BCUT2D eigenvalue weighted by molar-refractivity contribution is -0.190. The Kier molecular flexibility index (Phi) is 4.88. The van der Waals surface area contributed by atoms with Crippen LogP contribution in [0.4, 0.5) is 18.0 Å². The van der Waals surface area contributed by atoms with Crippen LogP contribution < -0.4 is 11.1 Å². The van der Waals surface area contributed by atoms with Gasteiger partial charge in [0.2, 0.25) is 5.91 Å². The number of rotatable bonds is 5. The number of ether oxygens (including phenoxy) is 1. The second kappa shape index (κ2) is 6.93. The van der Waals surface area contributed by atoms with E-state index in [4.69, 9.17) is 10.5 Å². The highest BCUT2D eigenvalue weighted by molar-refractivity contribution is 6.03. The molecule has 0 aromatic carbocycles. The summed E-state index contributed by atoms with van der Waals surface area (Å²) in [4.78, 5) is 59.0. The molecule has 14 heteroatoms. The van der Waals surface area contributed by atoms with Gasteiger partial charge in [-0.05, 0) is 12.0 Å². The molecule has 4 N–H and O–H groups in total. The minimum atomic E-state index is -5.16. The highest BCUT2D eigenvalue weighted by Gasteiger charge is 2.66. The third-order valence-corrected chi connectivity index (χ3v) is 4.94. The van der Waals surface area contributed by atoms with Gasteiger partial charge in [0.05, 0.1) is 12.6 Å². The van der Waals surface area contributed by atoms with Gasteiger partial charge in [0.1, 0.15) is 18.3 Å². The normalized spacial score (nSPS) is 25.3. The van der Waals surface area contributed by atoms with Crippen LogP contribution in [0.15, 0.2) is 11.3 Å². The monoisotopic (exact) mass is 420 g/mol. The first kappa shape index (κ1) is 20.4. The molecule has 0 aliphatic carbocycles. The number of halogens is 3. The summed E-state index contributed by atoms with van der Waals surface area (Å²) in [6, 6.07) is -2.25. The molecule has 158 valence electrons. The quantitative estimate of drug-likeness (QED) is 0.458. The van der Waals surface area contributed by atoms with Gasteiger partial charge < -0.3 is 25.8 Å². The van der Waals surface area contributed by atoms with E-state index < -0.39 is 72.8 Å². The van der Waals surface area contributed by atoms with Gasteiger partial charge in [0.15, 0.2) is 0 Å². The standard InChI is InChI=1S/C15H15F3N4O7/c16-15(17,18)13(27)21-3-5-1-6(4-29-14(28)20-2-7(19)23)9(12(25)26)22-8(5)10(21)11(22)24/h5,8,10H,1-4H2,(H2,19,23)(H,20,28)(H,25,26). The summed E-state index contributed by atoms with van der Waals surface area (Å²) in [6.07, 6.45) is -6.32. The fourth-order valence-corrected chi connectivity index (χ4v) is 3.90. The number of alkyl halides is 3. The summed E-state index contributed by atoms with van der Waals surface area (Å²) in [5.74, 6) is -6.11. The van der Waals surface area contributed by atoms with Gasteiger partial charge in [-0.1, -0.05) is 0 Å². The Morgan fingerprint density at radius 2 is 1.93 bits per heavy atom. The van der Waals surface area contributed by atoms with E-state index in [1.807, 2.05) is 5.32 Å². The van der Waals surface area contributed by atoms with Crippen LogP contribution in [0.3, 0.4) is 0 Å². The largest absolute Gasteiger partial charge is 0.477 e. The maximum Gasteiger partial charge on any atom is 0.471 e. The van der Waals surface area contributed by atoms with Gasteiger partial charge >= 0.3 is 24.1 Å². The van der Waals surface area contributed by atoms with Crippen molar-refractivity contribution in [2.45, 2.75) is 24.7 Å². The fourth-order valence-electron chi connectivity index (χ4n) is 3.90. The molecule has 2 saturated heterocycles. The molecular weight excluding hydrogens is 405 g/mol. The summed E-state index contributed by atoms with van der Waals surface area (Å²) in [5.41, 5.74) is 4.37. The Hall–Kier alpha value is -3.32. The molecule has 3 aliphatic rings. The average Bonchev–Trinajstić information content (AvgIpc) is 2.98. The van der Waals surface area contributed by atoms with Crippen LogP contribution in [-0.2, 0) is 23.9 Å². The summed E-state index contributed by atoms with van der Waals surface area (Å²) in [6.45, 7) is -1.48. The van der Waals surface area contributed by atoms with Crippen molar-refractivity contribution < 1.29 is 47.0 Å². The van der Waals surface area contributed by atoms with Crippen LogP contribution in [0.2, 0.25) is 0 Å². The number of primary amides is 1. The van der Waals surface area contributed by atoms with Crippen LogP contribution in [-0.4, -0.2) is 82.6 Å². The lowest BCUT2D eigenvalue weighted by Crippen LogP contribution is -2.70. The number of hydrogen-bond donors (Lipinski definition) is 3. The lowest BCUT2D eigenvalue weighted by atomic mass is 9.79. The zero-order valence-electron chi connectivity index (χ0n) is 14.6. The van der Waals surface area contributed by atoms with Crippen molar-refractivity contribution in [3.63, 3.8) is 0 Å². The van der Waals surface area contributed by atoms with Crippen LogP contribution >= 0.6 is 0 Å². The molecule has 0 bridgehead atoms. The van der Waals surface area contributed by atoms with Crippen molar-refractivity contribution in [3.05, 3.63) is 11.3 Å². The number of amides is 4. The van der Waals surface area contributed by atoms with E-state index in [9.17, 15) is 42.3 Å². The summed E-state index contributed by atoms with van der Waals surface area (Å²) >= 11 is 0. The number of carbonyl (C=O) groups excluding carboxylic acids is 4. The van der Waals surface area contributed by atoms with Crippen molar-refractivity contribution in [1.29, 1.82) is 0 Å². The highest BCUT2D eigenvalue weighted by atomic mass is 19.4. The number of nitrogens with zero attached hydrogens (tertiary/aromatic N) is 2. The summed E-state index contributed by atoms with van der Waals surface area (Å²) in [5, 5.41) is 11.5. The molecule has 3 aliphatic heterocycles. The van der Waals surface area contributed by atoms with E-state index in [1.165, 1.54) is 0 Å². The number of carboxylic acids is 1. The second-order valence-electron chi connectivity index (χ2n) is 6.72. The average molecular weight is 420 g/mol. The van der Waals surface area contributed by atoms with E-state index in [-0.39, 0.29) is 18.5 Å². The van der Waals surface area contributed by atoms with Crippen molar-refractivity contribution in [3.8, 4) is 0 Å². The van der Waals surface area contributed by atoms with Gasteiger partial charge in [-0.15, -0.1) is 0 Å². The van der Waals surface area contributed by atoms with Crippen molar-refractivity contribution >= 4 is 29.8 Å². The number of aliphatic carboxylic acids is 1. The molecule has 29 heavy (non-hydrogen) atoms. The Balaban J connectivity index is 1.79. The SMILES string of the molecule is NC(=O)CNC(=O)OCC1=C(C(=O)O)N2C(=O)C3C2C(C1)CN3C(=O)C(F)(F)F. The molecule has 0 aromatic rings. The zero-order valence-corrected chi connectivity index (χ0v) is 14.6. The molecule has 3 rings (SSSR count). The molecule has 0 radical (unpaired) electrons. The lowest BCUT2D eigenvalue weighted by Gasteiger charge is -2.49. The molecule has 4 amide bonds. The smallest absolute Gasteiger partial charge is 0.471 e. The minimum Gasteiger partial charge on any atom is -0.477 e. The van der Waals surface area contributed by atoms with Gasteiger partial charge in [0.25, 0.3) is 5.91 Å². The maximum atomic E-state index is 12.8. The Labute approximate surface area is 160 Å². The first-order valence-corrected chi connectivity index (χ1v) is 8.28. The van der Waals surface area contributed by atoms with Gasteiger partial charge in [-0.3, -0.25) is 19.3 Å². The number of alkyl carbamates (subject to hydrolysis) is 1. The first-order chi connectivity index (χ1) is 13.4. The molecule has 3 atom stereocenters. The number of β-lactam (4-membered cyclic amide) rings is 1. The van der Waals surface area contributed by atoms with Crippen molar-refractivity contribution in [2.75, 3.05) is 19.7 Å². The van der Waals surface area contributed by atoms with Gasteiger partial charge in [-0.2, -0.15) is 13.2 Å². The third-order valence-electron chi connectivity index (χ3n) is 4.94. The van der Waals surface area contributed by atoms with Crippen molar-refractivity contribution in [1.82, 2.24) is 15.1 Å². The third kappa shape index (κ3) is 3.45. The number of likely N-dealkylation sites (tertiary alicyclic amines) is 1. The molecule has 3 heterocycles. The molecule has 0 aromatic heterocycles. The predicted molar refractivity (Wildman–Crippen MR) is 83.5 cm³/mol. The number of nitrogens with two attached hydrogens (primary N) is 1. The van der Waals surface area contributed by atoms with Crippen LogP contribution in [0.1, 0.15) is 6.42 Å². The summed E-state index contributed by atoms with van der Waals surface area (Å²) < 4.78 is 43.2. The zero-order chi connectivity index (χ0) is 21.7. The number of carboxylic acid groups (broad SMARTS) is 1. The predicted octanol–water partition coefficient (Wildman–Crippen LogP) is -1.46. The van der Waals surface area contributed by atoms with E-state index in [0.29, 0.717) is 4.90 Å². The van der Waals surface area contributed by atoms with Gasteiger partial charge in [0, 0.05) is 12.5 Å². The number of hydrogen-bond acceptors (Lipinski definition) is 6. The van der Waals surface area contributed by atoms with E-state index in [1.54, 1.807) is 0 Å². The highest BCUT2D eigenvalue weighted by Crippen LogP contribution is 2.47.